The number of carbonyl (C=O) groups is 6. The molecule has 20 heteroatoms. The number of nitrogens with one attached hydrogen (secondary N) is 2. The molecule has 2 aliphatic heterocycles. The Bertz CT molecular complexity index is 3070. The van der Waals surface area contributed by atoms with Crippen LogP contribution in [0.1, 0.15) is 101 Å². The average molecular weight is 1010 g/mol. The highest BCUT2D eigenvalue weighted by atomic mass is 32.2. The van der Waals surface area contributed by atoms with Crippen molar-refractivity contribution in [2.75, 3.05) is 47.0 Å². The molecule has 3 heterocycles. The lowest BCUT2D eigenvalue weighted by molar-refractivity contribution is -0.136. The molecule has 1 fully saturated rings. The summed E-state index contributed by atoms with van der Waals surface area (Å²) < 4.78 is 55.5. The van der Waals surface area contributed by atoms with Crippen LogP contribution in [-0.4, -0.2) is 116 Å². The van der Waals surface area contributed by atoms with E-state index in [-0.39, 0.29) is 82.5 Å². The molecule has 0 bridgehead atoms. The van der Waals surface area contributed by atoms with Gasteiger partial charge in [-0.15, -0.1) is 0 Å². The number of sulfone groups is 1. The van der Waals surface area contributed by atoms with E-state index < -0.39 is 51.2 Å². The number of fused-ring (bicyclic) bond motifs is 2. The summed E-state index contributed by atoms with van der Waals surface area (Å²) in [5, 5.41) is 4.97. The SMILES string of the molecule is CCCOc1cc(OCCCCN(C)C)cc(Oc2cc3c(cc2CS(=O)(=O)c2cccc(C(=O)NCCCCCC(=O)COc4cccc5c4C(=O)N(C4CCC(=O)NC4=O)C5=O)c2)n(C)c(=O)n3C)c1. The summed E-state index contributed by atoms with van der Waals surface area (Å²) in [6.07, 6.45) is 4.24. The fourth-order valence-electron chi connectivity index (χ4n) is 8.50. The Labute approximate surface area is 417 Å². The van der Waals surface area contributed by atoms with Gasteiger partial charge in [0.15, 0.2) is 15.6 Å². The molecule has 72 heavy (non-hydrogen) atoms. The number of ether oxygens (including phenoxy) is 4. The Hall–Kier alpha value is -7.32. The van der Waals surface area contributed by atoms with E-state index in [4.69, 9.17) is 18.9 Å². The minimum Gasteiger partial charge on any atom is -0.493 e. The normalized spacial score (nSPS) is 14.7. The van der Waals surface area contributed by atoms with Gasteiger partial charge >= 0.3 is 5.69 Å². The second-order valence-electron chi connectivity index (χ2n) is 18.1. The number of aromatic nitrogens is 2. The van der Waals surface area contributed by atoms with Gasteiger partial charge in [0.05, 0.1) is 46.0 Å². The van der Waals surface area contributed by atoms with Crippen molar-refractivity contribution in [2.45, 2.75) is 81.4 Å². The number of carbonyl (C=O) groups excluding carboxylic acids is 6. The van der Waals surface area contributed by atoms with Crippen LogP contribution in [0.2, 0.25) is 0 Å². The predicted octanol–water partition coefficient (Wildman–Crippen LogP) is 5.49. The van der Waals surface area contributed by atoms with E-state index in [2.05, 4.69) is 15.5 Å². The molecule has 1 unspecified atom stereocenters. The smallest absolute Gasteiger partial charge is 0.328 e. The summed E-state index contributed by atoms with van der Waals surface area (Å²) in [7, 11) is 3.15. The second kappa shape index (κ2) is 23.3. The molecule has 0 spiro atoms. The summed E-state index contributed by atoms with van der Waals surface area (Å²) in [4.78, 5) is 92.5. The van der Waals surface area contributed by atoms with Crippen molar-refractivity contribution in [3.8, 4) is 28.7 Å². The third kappa shape index (κ3) is 12.4. The molecule has 7 rings (SSSR count). The summed E-state index contributed by atoms with van der Waals surface area (Å²) in [5.41, 5.74) is 1.13. The Kier molecular flexibility index (Phi) is 17.0. The van der Waals surface area contributed by atoms with Crippen LogP contribution in [0, 0.1) is 0 Å². The maximum absolute atomic E-state index is 14.2. The third-order valence-corrected chi connectivity index (χ3v) is 14.0. The Balaban J connectivity index is 0.943. The molecule has 2 N–H and O–H groups in total. The van der Waals surface area contributed by atoms with Crippen LogP contribution in [0.4, 0.5) is 0 Å². The Morgan fingerprint density at radius 1 is 0.778 bits per heavy atom. The average Bonchev–Trinajstić information content (AvgIpc) is 3.72. The maximum atomic E-state index is 14.2. The van der Waals surface area contributed by atoms with Gasteiger partial charge in [0.1, 0.15) is 41.4 Å². The van der Waals surface area contributed by atoms with Crippen molar-refractivity contribution in [1.82, 2.24) is 29.6 Å². The number of hydrogen-bond donors (Lipinski definition) is 2. The van der Waals surface area contributed by atoms with Gasteiger partial charge in [-0.3, -0.25) is 48.1 Å². The number of imidazole rings is 1. The Morgan fingerprint density at radius 2 is 1.49 bits per heavy atom. The molecule has 19 nitrogen and oxygen atoms in total. The van der Waals surface area contributed by atoms with Gasteiger partial charge in [0.25, 0.3) is 17.7 Å². The molecular formula is C52H60N6O13S. The summed E-state index contributed by atoms with van der Waals surface area (Å²) >= 11 is 0. The van der Waals surface area contributed by atoms with E-state index in [9.17, 15) is 42.0 Å². The molecule has 0 aliphatic carbocycles. The third-order valence-electron chi connectivity index (χ3n) is 12.3. The molecule has 4 aromatic carbocycles. The van der Waals surface area contributed by atoms with Crippen LogP contribution >= 0.6 is 0 Å². The molecular weight excluding hydrogens is 949 g/mol. The summed E-state index contributed by atoms with van der Waals surface area (Å²) in [6, 6.07) is 17.5. The van der Waals surface area contributed by atoms with E-state index >= 15 is 0 Å². The Morgan fingerprint density at radius 3 is 2.21 bits per heavy atom. The summed E-state index contributed by atoms with van der Waals surface area (Å²) in [5.74, 6) is -2.28. The van der Waals surface area contributed by atoms with Crippen molar-refractivity contribution in [2.24, 2.45) is 14.1 Å². The second-order valence-corrected chi connectivity index (χ2v) is 20.1. The molecule has 2 aliphatic rings. The van der Waals surface area contributed by atoms with Gasteiger partial charge in [-0.05, 0) is 95.6 Å². The monoisotopic (exact) mass is 1010 g/mol. The zero-order valence-corrected chi connectivity index (χ0v) is 41.9. The number of rotatable bonds is 25. The van der Waals surface area contributed by atoms with Gasteiger partial charge in [0.2, 0.25) is 11.8 Å². The molecule has 5 aromatic rings. The number of amides is 5. The lowest BCUT2D eigenvalue weighted by atomic mass is 10.0. The first-order chi connectivity index (χ1) is 34.4. The van der Waals surface area contributed by atoms with E-state index in [0.717, 1.165) is 30.7 Å². The first-order valence-corrected chi connectivity index (χ1v) is 25.6. The minimum absolute atomic E-state index is 0.00669. The zero-order chi connectivity index (χ0) is 51.7. The number of imide groups is 2. The van der Waals surface area contributed by atoms with Crippen LogP contribution in [0.25, 0.3) is 11.0 Å². The van der Waals surface area contributed by atoms with E-state index in [0.29, 0.717) is 60.8 Å². The molecule has 1 atom stereocenters. The van der Waals surface area contributed by atoms with E-state index in [1.807, 2.05) is 21.0 Å². The highest BCUT2D eigenvalue weighted by Gasteiger charge is 2.46. The van der Waals surface area contributed by atoms with Gasteiger partial charge in [-0.2, -0.15) is 0 Å². The standard InChI is InChI=1S/C52H60N6O13S/c1-6-23-68-36-27-37(69-24-11-10-22-55(2)3)29-38(28-36)71-45-30-43-42(56(4)52(65)57(43)5)26-34(45)32-72(66,67)39-16-12-14-33(25-39)48(61)53-21-9-7-8-15-35(59)31-70-44-18-13-17-40-47(44)51(64)58(50(40)63)41-19-20-46(60)54-49(41)62/h12-14,16-18,25-30,41H,6-11,15,19-24,31-32H2,1-5H3,(H,53,61)(H,54,60,62). The maximum Gasteiger partial charge on any atom is 0.328 e. The largest absolute Gasteiger partial charge is 0.493 e. The number of nitrogens with zero attached hydrogens (tertiary/aromatic N) is 4. The number of benzene rings is 4. The molecule has 1 saturated heterocycles. The molecule has 382 valence electrons. The molecule has 5 amide bonds. The molecule has 0 radical (unpaired) electrons. The van der Waals surface area contributed by atoms with Crippen LogP contribution in [0.3, 0.4) is 0 Å². The van der Waals surface area contributed by atoms with E-state index in [1.54, 1.807) is 44.4 Å². The first kappa shape index (κ1) is 52.5. The predicted molar refractivity (Wildman–Crippen MR) is 265 cm³/mol. The fourth-order valence-corrected chi connectivity index (χ4v) is 9.89. The fraction of sp³-hybridized carbons (Fsp3) is 0.404. The summed E-state index contributed by atoms with van der Waals surface area (Å²) in [6.45, 7) is 3.73. The van der Waals surface area contributed by atoms with Crippen molar-refractivity contribution in [3.63, 3.8) is 0 Å². The molecule has 0 saturated carbocycles. The number of unbranched alkanes of at least 4 members (excludes halogenated alkanes) is 3. The highest BCUT2D eigenvalue weighted by Crippen LogP contribution is 2.37. The number of piperidine rings is 1. The zero-order valence-electron chi connectivity index (χ0n) is 41.1. The number of hydrogen-bond acceptors (Lipinski definition) is 14. The topological polar surface area (TPSA) is 231 Å². The van der Waals surface area contributed by atoms with Gasteiger partial charge in [-0.25, -0.2) is 13.2 Å². The van der Waals surface area contributed by atoms with Crippen LogP contribution < -0.4 is 35.3 Å². The van der Waals surface area contributed by atoms with Crippen molar-refractivity contribution >= 4 is 56.2 Å². The van der Waals surface area contributed by atoms with Crippen molar-refractivity contribution in [3.05, 3.63) is 106 Å². The first-order valence-electron chi connectivity index (χ1n) is 24.0. The van der Waals surface area contributed by atoms with Gasteiger partial charge in [-0.1, -0.05) is 25.5 Å². The lowest BCUT2D eigenvalue weighted by Crippen LogP contribution is -2.54. The molecule has 1 aromatic heterocycles. The van der Waals surface area contributed by atoms with Crippen molar-refractivity contribution < 1.29 is 56.1 Å². The van der Waals surface area contributed by atoms with E-state index in [1.165, 1.54) is 51.6 Å². The number of ketones is 1. The van der Waals surface area contributed by atoms with Gasteiger partial charge in [0, 0.05) is 68.9 Å². The lowest BCUT2D eigenvalue weighted by Gasteiger charge is -2.27. The van der Waals surface area contributed by atoms with Crippen LogP contribution in [0.15, 0.2) is 82.5 Å². The number of aryl methyl sites for hydroxylation is 2. The quantitative estimate of drug-likeness (QED) is 0.0544. The van der Waals surface area contributed by atoms with Crippen LogP contribution in [0.5, 0.6) is 28.7 Å². The van der Waals surface area contributed by atoms with Gasteiger partial charge < -0.3 is 29.2 Å². The van der Waals surface area contributed by atoms with Crippen LogP contribution in [-0.2, 0) is 44.1 Å². The van der Waals surface area contributed by atoms with Crippen molar-refractivity contribution in [1.29, 1.82) is 0 Å². The minimum atomic E-state index is -4.11. The number of Topliss-reactive ketones (excluding diaryl/α,β-unsaturated/α-hetero) is 1. The highest BCUT2D eigenvalue weighted by molar-refractivity contribution is 7.90.